The zero-order valence-corrected chi connectivity index (χ0v) is 18.0. The summed E-state index contributed by atoms with van der Waals surface area (Å²) in [5, 5.41) is 0.796. The van der Waals surface area contributed by atoms with Crippen LogP contribution in [0.4, 0.5) is 5.13 Å². The number of aromatic nitrogens is 1. The van der Waals surface area contributed by atoms with Crippen LogP contribution in [0.15, 0.2) is 46.9 Å². The standard InChI is InChI=1S/C22H24N4O4S/c1-15-20(31-22(23-15)26-11-13-29-14-12-26)21(28)25-24-19(27)10-8-17-7-9-18(30-17)16-5-3-2-4-6-16/h2-7,9H,8,10-14H2,1H3,(H,24,27)(H,25,28). The average molecular weight is 441 g/mol. The Hall–Kier alpha value is -3.17. The van der Waals surface area contributed by atoms with Crippen LogP contribution in [-0.4, -0.2) is 43.1 Å². The molecular weight excluding hydrogens is 416 g/mol. The predicted octanol–water partition coefficient (Wildman–Crippen LogP) is 2.94. The van der Waals surface area contributed by atoms with Crippen LogP contribution in [0.25, 0.3) is 11.3 Å². The summed E-state index contributed by atoms with van der Waals surface area (Å²) >= 11 is 1.32. The van der Waals surface area contributed by atoms with E-state index in [4.69, 9.17) is 9.15 Å². The Labute approximate surface area is 184 Å². The molecule has 0 bridgehead atoms. The Balaban J connectivity index is 1.26. The monoisotopic (exact) mass is 440 g/mol. The van der Waals surface area contributed by atoms with Gasteiger partial charge in [-0.05, 0) is 19.1 Å². The lowest BCUT2D eigenvalue weighted by molar-refractivity contribution is -0.121. The number of anilines is 1. The van der Waals surface area contributed by atoms with Crippen molar-refractivity contribution in [3.05, 3.63) is 58.8 Å². The highest BCUT2D eigenvalue weighted by Gasteiger charge is 2.20. The van der Waals surface area contributed by atoms with Crippen molar-refractivity contribution in [3.63, 3.8) is 0 Å². The number of thiazole rings is 1. The number of nitrogens with zero attached hydrogens (tertiary/aromatic N) is 2. The first-order valence-corrected chi connectivity index (χ1v) is 11.0. The van der Waals surface area contributed by atoms with Gasteiger partial charge in [0.2, 0.25) is 5.91 Å². The van der Waals surface area contributed by atoms with Crippen molar-refractivity contribution < 1.29 is 18.7 Å². The molecule has 1 aromatic carbocycles. The normalized spacial score (nSPS) is 13.8. The second kappa shape index (κ2) is 9.76. The fourth-order valence-electron chi connectivity index (χ4n) is 3.24. The summed E-state index contributed by atoms with van der Waals surface area (Å²) in [6, 6.07) is 13.5. The van der Waals surface area contributed by atoms with Crippen LogP contribution in [0.3, 0.4) is 0 Å². The molecule has 31 heavy (non-hydrogen) atoms. The van der Waals surface area contributed by atoms with Crippen LogP contribution in [0, 0.1) is 6.92 Å². The third-order valence-corrected chi connectivity index (χ3v) is 6.12. The molecule has 162 valence electrons. The minimum absolute atomic E-state index is 0.197. The van der Waals surface area contributed by atoms with Gasteiger partial charge in [0.05, 0.1) is 18.9 Å². The molecule has 1 aliphatic heterocycles. The molecule has 0 aliphatic carbocycles. The zero-order valence-electron chi connectivity index (χ0n) is 17.2. The molecule has 8 nitrogen and oxygen atoms in total. The number of hydrazine groups is 1. The summed E-state index contributed by atoms with van der Waals surface area (Å²) in [7, 11) is 0. The SMILES string of the molecule is Cc1nc(N2CCOCC2)sc1C(=O)NNC(=O)CCc1ccc(-c2ccccc2)o1. The summed E-state index contributed by atoms with van der Waals surface area (Å²) in [5.41, 5.74) is 6.58. The lowest BCUT2D eigenvalue weighted by atomic mass is 10.2. The number of ether oxygens (including phenoxy) is 1. The minimum Gasteiger partial charge on any atom is -0.461 e. The van der Waals surface area contributed by atoms with Crippen LogP contribution in [-0.2, 0) is 16.0 Å². The fourth-order valence-corrected chi connectivity index (χ4v) is 4.25. The van der Waals surface area contributed by atoms with E-state index < -0.39 is 0 Å². The second-order valence-corrected chi connectivity index (χ2v) is 8.12. The van der Waals surface area contributed by atoms with Crippen LogP contribution in [0.1, 0.15) is 27.5 Å². The van der Waals surface area contributed by atoms with Gasteiger partial charge < -0.3 is 14.1 Å². The van der Waals surface area contributed by atoms with Gasteiger partial charge in [-0.3, -0.25) is 20.4 Å². The summed E-state index contributed by atoms with van der Waals surface area (Å²) in [4.78, 5) is 31.7. The number of rotatable bonds is 6. The predicted molar refractivity (Wildman–Crippen MR) is 118 cm³/mol. The number of nitrogens with one attached hydrogen (secondary N) is 2. The molecule has 1 fully saturated rings. The average Bonchev–Trinajstić information content (AvgIpc) is 3.44. The van der Waals surface area contributed by atoms with E-state index in [0.717, 1.165) is 29.5 Å². The van der Waals surface area contributed by atoms with Gasteiger partial charge in [0.15, 0.2) is 5.13 Å². The maximum Gasteiger partial charge on any atom is 0.281 e. The maximum absolute atomic E-state index is 12.5. The molecular formula is C22H24N4O4S. The highest BCUT2D eigenvalue weighted by Crippen LogP contribution is 2.26. The molecule has 1 saturated heterocycles. The summed E-state index contributed by atoms with van der Waals surface area (Å²) in [6.07, 6.45) is 0.637. The number of furan rings is 1. The first-order valence-electron chi connectivity index (χ1n) is 10.1. The number of aryl methyl sites for hydroxylation is 2. The Bertz CT molecular complexity index is 1040. The van der Waals surface area contributed by atoms with Crippen molar-refractivity contribution in [3.8, 4) is 11.3 Å². The number of carbonyl (C=O) groups excluding carboxylic acids is 2. The fraction of sp³-hybridized carbons (Fsp3) is 0.318. The first-order chi connectivity index (χ1) is 15.1. The Morgan fingerprint density at radius 3 is 2.65 bits per heavy atom. The van der Waals surface area contributed by atoms with Crippen molar-refractivity contribution in [2.45, 2.75) is 19.8 Å². The topological polar surface area (TPSA) is 96.7 Å². The summed E-state index contributed by atoms with van der Waals surface area (Å²) < 4.78 is 11.2. The Morgan fingerprint density at radius 2 is 1.87 bits per heavy atom. The third kappa shape index (κ3) is 5.31. The zero-order chi connectivity index (χ0) is 21.6. The van der Waals surface area contributed by atoms with E-state index in [1.165, 1.54) is 11.3 Å². The van der Waals surface area contributed by atoms with E-state index in [1.54, 1.807) is 6.92 Å². The van der Waals surface area contributed by atoms with Crippen LogP contribution >= 0.6 is 11.3 Å². The molecule has 0 saturated carbocycles. The number of hydrogen-bond donors (Lipinski definition) is 2. The Kier molecular flexibility index (Phi) is 6.63. The Morgan fingerprint density at radius 1 is 1.10 bits per heavy atom. The van der Waals surface area contributed by atoms with Crippen molar-refractivity contribution in [2.24, 2.45) is 0 Å². The summed E-state index contributed by atoms with van der Waals surface area (Å²) in [6.45, 7) is 4.60. The van der Waals surface area contributed by atoms with E-state index in [1.807, 2.05) is 42.5 Å². The van der Waals surface area contributed by atoms with Gasteiger partial charge in [0, 0.05) is 31.5 Å². The van der Waals surface area contributed by atoms with Gasteiger partial charge in [0.1, 0.15) is 16.4 Å². The molecule has 2 amide bonds. The van der Waals surface area contributed by atoms with Gasteiger partial charge in [-0.25, -0.2) is 4.98 Å². The number of carbonyl (C=O) groups is 2. The van der Waals surface area contributed by atoms with Crippen molar-refractivity contribution in [2.75, 3.05) is 31.2 Å². The highest BCUT2D eigenvalue weighted by molar-refractivity contribution is 7.17. The number of hydrogen-bond acceptors (Lipinski definition) is 7. The quantitative estimate of drug-likeness (QED) is 0.572. The van der Waals surface area contributed by atoms with Gasteiger partial charge in [0.25, 0.3) is 5.91 Å². The van der Waals surface area contributed by atoms with Crippen molar-refractivity contribution >= 4 is 28.3 Å². The molecule has 0 atom stereocenters. The molecule has 2 aromatic heterocycles. The largest absolute Gasteiger partial charge is 0.461 e. The van der Waals surface area contributed by atoms with E-state index in [-0.39, 0.29) is 18.2 Å². The van der Waals surface area contributed by atoms with Gasteiger partial charge >= 0.3 is 0 Å². The number of benzene rings is 1. The smallest absolute Gasteiger partial charge is 0.281 e. The lowest BCUT2D eigenvalue weighted by Gasteiger charge is -2.25. The van der Waals surface area contributed by atoms with E-state index in [2.05, 4.69) is 20.7 Å². The van der Waals surface area contributed by atoms with E-state index in [9.17, 15) is 9.59 Å². The first kappa shape index (κ1) is 21.1. The molecule has 0 spiro atoms. The molecule has 0 radical (unpaired) electrons. The number of amides is 2. The highest BCUT2D eigenvalue weighted by atomic mass is 32.1. The molecule has 3 heterocycles. The third-order valence-electron chi connectivity index (χ3n) is 4.91. The molecule has 2 N–H and O–H groups in total. The lowest BCUT2D eigenvalue weighted by Crippen LogP contribution is -2.41. The second-order valence-electron chi connectivity index (χ2n) is 7.14. The molecule has 0 unspecified atom stereocenters. The van der Waals surface area contributed by atoms with Gasteiger partial charge in [-0.15, -0.1) is 0 Å². The molecule has 3 aromatic rings. The summed E-state index contributed by atoms with van der Waals surface area (Å²) in [5.74, 6) is 0.823. The van der Waals surface area contributed by atoms with Crippen LogP contribution in [0.2, 0.25) is 0 Å². The molecule has 1 aliphatic rings. The van der Waals surface area contributed by atoms with Crippen LogP contribution < -0.4 is 15.8 Å². The maximum atomic E-state index is 12.5. The van der Waals surface area contributed by atoms with Gasteiger partial charge in [-0.2, -0.15) is 0 Å². The molecule has 4 rings (SSSR count). The van der Waals surface area contributed by atoms with E-state index in [0.29, 0.717) is 36.0 Å². The van der Waals surface area contributed by atoms with Crippen LogP contribution in [0.5, 0.6) is 0 Å². The molecule has 9 heteroatoms. The van der Waals surface area contributed by atoms with Crippen molar-refractivity contribution in [1.82, 2.24) is 15.8 Å². The minimum atomic E-state index is -0.368. The van der Waals surface area contributed by atoms with Gasteiger partial charge in [-0.1, -0.05) is 41.7 Å². The van der Waals surface area contributed by atoms with E-state index >= 15 is 0 Å². The number of morpholine rings is 1. The van der Waals surface area contributed by atoms with Crippen molar-refractivity contribution in [1.29, 1.82) is 0 Å².